The van der Waals surface area contributed by atoms with Gasteiger partial charge in [-0.2, -0.15) is 20.2 Å². The summed E-state index contributed by atoms with van der Waals surface area (Å²) in [5, 5.41) is 0. The molecule has 0 spiro atoms. The Balaban J connectivity index is 1.59. The zero-order valence-electron chi connectivity index (χ0n) is 14.6. The SMILES string of the molecule is CS(=O)(=O)OC[C@H]1OC(=O)N2c3cc(F)c(N4CCSCC4)cc3OC[C@H]12. The van der Waals surface area contributed by atoms with Gasteiger partial charge in [0.1, 0.15) is 30.8 Å². The molecule has 0 unspecified atom stereocenters. The fraction of sp³-hybridized carbons (Fsp3) is 0.562. The van der Waals surface area contributed by atoms with Crippen molar-refractivity contribution >= 4 is 39.3 Å². The lowest BCUT2D eigenvalue weighted by molar-refractivity contribution is 0.0844. The average molecular weight is 418 g/mol. The van der Waals surface area contributed by atoms with Crippen LogP contribution in [0.5, 0.6) is 5.75 Å². The molecule has 3 aliphatic heterocycles. The fourth-order valence-electron chi connectivity index (χ4n) is 3.42. The van der Waals surface area contributed by atoms with Crippen LogP contribution in [0.2, 0.25) is 0 Å². The third kappa shape index (κ3) is 3.67. The topological polar surface area (TPSA) is 85.4 Å². The van der Waals surface area contributed by atoms with Crippen LogP contribution in [0.4, 0.5) is 20.6 Å². The number of benzene rings is 1. The second-order valence-corrected chi connectivity index (χ2v) is 9.40. The van der Waals surface area contributed by atoms with Crippen molar-refractivity contribution in [1.82, 2.24) is 0 Å². The molecule has 4 rings (SSSR count). The van der Waals surface area contributed by atoms with E-state index < -0.39 is 34.2 Å². The zero-order valence-corrected chi connectivity index (χ0v) is 16.2. The van der Waals surface area contributed by atoms with Gasteiger partial charge in [0.25, 0.3) is 10.1 Å². The van der Waals surface area contributed by atoms with Gasteiger partial charge < -0.3 is 14.4 Å². The van der Waals surface area contributed by atoms with E-state index in [-0.39, 0.29) is 18.9 Å². The number of ether oxygens (including phenoxy) is 2. The molecular formula is C16H19FN2O6S2. The molecule has 2 saturated heterocycles. The molecule has 0 saturated carbocycles. The van der Waals surface area contributed by atoms with Gasteiger partial charge in [-0.25, -0.2) is 9.18 Å². The van der Waals surface area contributed by atoms with Gasteiger partial charge in [0.15, 0.2) is 6.10 Å². The maximum Gasteiger partial charge on any atom is 0.415 e. The summed E-state index contributed by atoms with van der Waals surface area (Å²) in [5.41, 5.74) is 0.739. The number of fused-ring (bicyclic) bond motifs is 3. The molecule has 0 N–H and O–H groups in total. The molecular weight excluding hydrogens is 399 g/mol. The number of halogens is 1. The lowest BCUT2D eigenvalue weighted by Crippen LogP contribution is -2.46. The molecule has 1 aromatic rings. The highest BCUT2D eigenvalue weighted by molar-refractivity contribution is 7.99. The molecule has 0 aromatic heterocycles. The first-order valence-corrected chi connectivity index (χ1v) is 11.4. The molecule has 148 valence electrons. The fourth-order valence-corrected chi connectivity index (χ4v) is 4.70. The second kappa shape index (κ2) is 7.02. The smallest absolute Gasteiger partial charge is 0.415 e. The Bertz CT molecular complexity index is 859. The Kier molecular flexibility index (Phi) is 4.85. The molecule has 3 aliphatic rings. The van der Waals surface area contributed by atoms with E-state index >= 15 is 0 Å². The molecule has 0 aliphatic carbocycles. The molecule has 1 aromatic carbocycles. The molecule has 8 nitrogen and oxygen atoms in total. The minimum atomic E-state index is -3.67. The van der Waals surface area contributed by atoms with Crippen LogP contribution >= 0.6 is 11.8 Å². The molecule has 0 bridgehead atoms. The zero-order chi connectivity index (χ0) is 19.2. The maximum atomic E-state index is 14.8. The second-order valence-electron chi connectivity index (χ2n) is 6.53. The largest absolute Gasteiger partial charge is 0.489 e. The quantitative estimate of drug-likeness (QED) is 0.679. The van der Waals surface area contributed by atoms with Gasteiger partial charge >= 0.3 is 6.09 Å². The summed E-state index contributed by atoms with van der Waals surface area (Å²) < 4.78 is 52.9. The molecule has 11 heteroatoms. The number of rotatable bonds is 4. The Morgan fingerprint density at radius 1 is 1.30 bits per heavy atom. The number of carbonyl (C=O) groups is 1. The minimum absolute atomic E-state index is 0.109. The molecule has 27 heavy (non-hydrogen) atoms. The third-order valence-corrected chi connectivity index (χ3v) is 6.21. The maximum absolute atomic E-state index is 14.8. The van der Waals surface area contributed by atoms with Crippen molar-refractivity contribution < 1.29 is 31.3 Å². The van der Waals surface area contributed by atoms with E-state index in [2.05, 4.69) is 0 Å². The van der Waals surface area contributed by atoms with Gasteiger partial charge in [-0.1, -0.05) is 0 Å². The number of carbonyl (C=O) groups excluding carboxylic acids is 1. The van der Waals surface area contributed by atoms with Crippen molar-refractivity contribution in [2.45, 2.75) is 12.1 Å². The minimum Gasteiger partial charge on any atom is -0.489 e. The first-order chi connectivity index (χ1) is 12.8. The van der Waals surface area contributed by atoms with Crippen LogP contribution < -0.4 is 14.5 Å². The van der Waals surface area contributed by atoms with Crippen molar-refractivity contribution in [3.8, 4) is 5.75 Å². The predicted octanol–water partition coefficient (Wildman–Crippen LogP) is 1.44. The number of anilines is 2. The van der Waals surface area contributed by atoms with Gasteiger partial charge in [0, 0.05) is 36.7 Å². The number of hydrogen-bond acceptors (Lipinski definition) is 8. The number of hydrogen-bond donors (Lipinski definition) is 0. The molecule has 0 radical (unpaired) electrons. The van der Waals surface area contributed by atoms with E-state index in [1.54, 1.807) is 6.07 Å². The van der Waals surface area contributed by atoms with Crippen LogP contribution in [-0.4, -0.2) is 70.7 Å². The highest BCUT2D eigenvalue weighted by atomic mass is 32.2. The lowest BCUT2D eigenvalue weighted by atomic mass is 10.1. The molecule has 2 fully saturated rings. The van der Waals surface area contributed by atoms with E-state index in [0.29, 0.717) is 11.4 Å². The summed E-state index contributed by atoms with van der Waals surface area (Å²) in [6, 6.07) is 2.31. The van der Waals surface area contributed by atoms with E-state index in [9.17, 15) is 17.6 Å². The van der Waals surface area contributed by atoms with Crippen molar-refractivity contribution in [2.75, 3.05) is 53.9 Å². The first kappa shape index (κ1) is 18.6. The third-order valence-electron chi connectivity index (χ3n) is 4.71. The van der Waals surface area contributed by atoms with E-state index in [1.165, 1.54) is 11.0 Å². The van der Waals surface area contributed by atoms with E-state index in [0.717, 1.165) is 30.9 Å². The highest BCUT2D eigenvalue weighted by Crippen LogP contribution is 2.42. The monoisotopic (exact) mass is 418 g/mol. The van der Waals surface area contributed by atoms with Crippen LogP contribution in [0.3, 0.4) is 0 Å². The van der Waals surface area contributed by atoms with Crippen LogP contribution in [0.1, 0.15) is 0 Å². The Hall–Kier alpha value is -1.72. The van der Waals surface area contributed by atoms with Crippen molar-refractivity contribution in [3.05, 3.63) is 17.9 Å². The number of cyclic esters (lactones) is 1. The van der Waals surface area contributed by atoms with Crippen LogP contribution in [0, 0.1) is 5.82 Å². The van der Waals surface area contributed by atoms with Gasteiger partial charge in [0.2, 0.25) is 0 Å². The summed E-state index contributed by atoms with van der Waals surface area (Å²) in [4.78, 5) is 15.6. The van der Waals surface area contributed by atoms with Gasteiger partial charge in [-0.15, -0.1) is 0 Å². The first-order valence-electron chi connectivity index (χ1n) is 8.47. The number of thioether (sulfide) groups is 1. The summed E-state index contributed by atoms with van der Waals surface area (Å²) in [6.45, 7) is 1.30. The molecule has 1 amide bonds. The Morgan fingerprint density at radius 2 is 2.04 bits per heavy atom. The standard InChI is InChI=1S/C16H19FN2O6S2/c1-27(21,22)24-9-15-13-8-23-14-7-11(18-2-4-26-5-3-18)10(17)6-12(14)19(13)16(20)25-15/h6-7,13,15H,2-5,8-9H2,1H3/t13-,15-/m1/s1. The summed E-state index contributed by atoms with van der Waals surface area (Å²) in [6.07, 6.45) is -0.570. The molecule has 3 heterocycles. The summed E-state index contributed by atoms with van der Waals surface area (Å²) in [5.74, 6) is 1.83. The number of nitrogens with zero attached hydrogens (tertiary/aromatic N) is 2. The van der Waals surface area contributed by atoms with Crippen molar-refractivity contribution in [1.29, 1.82) is 0 Å². The number of amides is 1. The Morgan fingerprint density at radius 3 is 2.74 bits per heavy atom. The van der Waals surface area contributed by atoms with Gasteiger partial charge in [-0.05, 0) is 0 Å². The summed E-state index contributed by atoms with van der Waals surface area (Å²) >= 11 is 1.83. The predicted molar refractivity (Wildman–Crippen MR) is 98.8 cm³/mol. The van der Waals surface area contributed by atoms with Crippen LogP contribution in [0.15, 0.2) is 12.1 Å². The average Bonchev–Trinajstić information content (AvgIpc) is 2.96. The molecule has 2 atom stereocenters. The lowest BCUT2D eigenvalue weighted by Gasteiger charge is -2.34. The van der Waals surface area contributed by atoms with E-state index in [1.807, 2.05) is 16.7 Å². The van der Waals surface area contributed by atoms with E-state index in [4.69, 9.17) is 13.7 Å². The van der Waals surface area contributed by atoms with Gasteiger partial charge in [0.05, 0.1) is 17.6 Å². The normalized spacial score (nSPS) is 24.9. The van der Waals surface area contributed by atoms with Gasteiger partial charge in [-0.3, -0.25) is 9.08 Å². The van der Waals surface area contributed by atoms with Crippen LogP contribution in [-0.2, 0) is 19.0 Å². The summed E-state index contributed by atoms with van der Waals surface area (Å²) in [7, 11) is -3.67. The van der Waals surface area contributed by atoms with Crippen molar-refractivity contribution in [3.63, 3.8) is 0 Å². The van der Waals surface area contributed by atoms with Crippen LogP contribution in [0.25, 0.3) is 0 Å². The highest BCUT2D eigenvalue weighted by Gasteiger charge is 2.47. The van der Waals surface area contributed by atoms with Crippen molar-refractivity contribution in [2.24, 2.45) is 0 Å². The Labute approximate surface area is 160 Å².